The lowest BCUT2D eigenvalue weighted by molar-refractivity contribution is 0.304. The summed E-state index contributed by atoms with van der Waals surface area (Å²) in [4.78, 5) is 0. The van der Waals surface area contributed by atoms with Gasteiger partial charge in [-0.05, 0) is 24.6 Å². The van der Waals surface area contributed by atoms with E-state index in [1.165, 1.54) is 0 Å². The maximum absolute atomic E-state index is 9.49. The van der Waals surface area contributed by atoms with Crippen LogP contribution in [0.25, 0.3) is 0 Å². The molecule has 2 aromatic rings. The lowest BCUT2D eigenvalue weighted by Crippen LogP contribution is -2.01. The van der Waals surface area contributed by atoms with Gasteiger partial charge < -0.3 is 15.2 Å². The third kappa shape index (κ3) is 3.12. The number of hydrogen-bond donors (Lipinski definition) is 2. The molecule has 19 heavy (non-hydrogen) atoms. The molecular formula is C15H16ClNO2. The molecule has 0 spiro atoms. The molecule has 0 aliphatic heterocycles. The number of nitrogens with one attached hydrogen (secondary N) is 1. The highest BCUT2D eigenvalue weighted by molar-refractivity contribution is 6.32. The van der Waals surface area contributed by atoms with Gasteiger partial charge in [-0.25, -0.2) is 0 Å². The average Bonchev–Trinajstić information content (AvgIpc) is 2.41. The molecule has 0 heterocycles. The first-order valence-corrected chi connectivity index (χ1v) is 6.37. The number of rotatable bonds is 4. The number of phenolic OH excluding ortho intramolecular Hbond substituents is 1. The minimum absolute atomic E-state index is 0.0714. The second kappa shape index (κ2) is 5.85. The van der Waals surface area contributed by atoms with Crippen LogP contribution < -0.4 is 10.1 Å². The Labute approximate surface area is 117 Å². The highest BCUT2D eigenvalue weighted by Gasteiger charge is 2.07. The quantitative estimate of drug-likeness (QED) is 0.888. The molecule has 0 unspecified atom stereocenters. The van der Waals surface area contributed by atoms with Crippen molar-refractivity contribution in [2.24, 2.45) is 0 Å². The van der Waals surface area contributed by atoms with E-state index in [1.54, 1.807) is 12.1 Å². The first-order chi connectivity index (χ1) is 9.11. The molecule has 0 aliphatic rings. The van der Waals surface area contributed by atoms with Gasteiger partial charge in [0.2, 0.25) is 0 Å². The van der Waals surface area contributed by atoms with Crippen molar-refractivity contribution in [3.63, 3.8) is 0 Å². The lowest BCUT2D eigenvalue weighted by atomic mass is 10.2. The largest absolute Gasteiger partial charge is 0.506 e. The van der Waals surface area contributed by atoms with Crippen LogP contribution in [0.2, 0.25) is 5.02 Å². The summed E-state index contributed by atoms with van der Waals surface area (Å²) in [5, 5.41) is 12.9. The summed E-state index contributed by atoms with van der Waals surface area (Å²) in [6.07, 6.45) is 0. The fourth-order valence-electron chi connectivity index (χ4n) is 1.85. The fourth-order valence-corrected chi connectivity index (χ4v) is 2.00. The molecule has 3 nitrogen and oxygen atoms in total. The Morgan fingerprint density at radius 1 is 1.26 bits per heavy atom. The monoisotopic (exact) mass is 277 g/mol. The summed E-state index contributed by atoms with van der Waals surface area (Å²) in [5.41, 5.74) is 2.95. The molecule has 0 saturated carbocycles. The third-order valence-corrected chi connectivity index (χ3v) is 3.22. The number of halogens is 1. The van der Waals surface area contributed by atoms with Gasteiger partial charge in [-0.2, -0.15) is 0 Å². The van der Waals surface area contributed by atoms with E-state index in [0.29, 0.717) is 17.4 Å². The zero-order chi connectivity index (χ0) is 13.8. The Balaban J connectivity index is 2.17. The van der Waals surface area contributed by atoms with Gasteiger partial charge in [0.1, 0.15) is 18.1 Å². The number of aromatic hydroxyl groups is 1. The van der Waals surface area contributed by atoms with Crippen molar-refractivity contribution in [3.8, 4) is 11.5 Å². The van der Waals surface area contributed by atoms with E-state index >= 15 is 0 Å². The summed E-state index contributed by atoms with van der Waals surface area (Å²) in [7, 11) is 1.88. The van der Waals surface area contributed by atoms with E-state index in [1.807, 2.05) is 38.2 Å². The summed E-state index contributed by atoms with van der Waals surface area (Å²) < 4.78 is 5.77. The molecule has 2 N–H and O–H groups in total. The first-order valence-electron chi connectivity index (χ1n) is 5.99. The van der Waals surface area contributed by atoms with Crippen molar-refractivity contribution in [1.82, 2.24) is 0 Å². The van der Waals surface area contributed by atoms with Gasteiger partial charge in [-0.1, -0.05) is 29.8 Å². The lowest BCUT2D eigenvalue weighted by Gasteiger charge is -2.13. The van der Waals surface area contributed by atoms with Crippen LogP contribution in [0.5, 0.6) is 11.5 Å². The van der Waals surface area contributed by atoms with E-state index in [2.05, 4.69) is 5.32 Å². The number of phenols is 1. The van der Waals surface area contributed by atoms with Crippen molar-refractivity contribution >= 4 is 17.3 Å². The van der Waals surface area contributed by atoms with Crippen molar-refractivity contribution in [3.05, 3.63) is 52.5 Å². The average molecular weight is 278 g/mol. The van der Waals surface area contributed by atoms with Gasteiger partial charge in [0.05, 0.1) is 5.02 Å². The van der Waals surface area contributed by atoms with E-state index < -0.39 is 0 Å². The van der Waals surface area contributed by atoms with Gasteiger partial charge >= 0.3 is 0 Å². The van der Waals surface area contributed by atoms with Crippen LogP contribution in [0.1, 0.15) is 11.1 Å². The molecule has 100 valence electrons. The minimum atomic E-state index is 0.0714. The van der Waals surface area contributed by atoms with Crippen molar-refractivity contribution in [1.29, 1.82) is 0 Å². The number of ether oxygens (including phenoxy) is 1. The number of aryl methyl sites for hydroxylation is 1. The van der Waals surface area contributed by atoms with Crippen molar-refractivity contribution < 1.29 is 9.84 Å². The van der Waals surface area contributed by atoms with E-state index in [-0.39, 0.29) is 5.75 Å². The maximum atomic E-state index is 9.49. The second-order valence-electron chi connectivity index (χ2n) is 4.26. The molecule has 0 atom stereocenters. The molecule has 0 fully saturated rings. The maximum Gasteiger partial charge on any atom is 0.134 e. The first kappa shape index (κ1) is 13.6. The molecule has 4 heteroatoms. The Kier molecular flexibility index (Phi) is 4.17. The Hall–Kier alpha value is -1.87. The molecular weight excluding hydrogens is 262 g/mol. The Bertz CT molecular complexity index is 584. The molecule has 0 saturated heterocycles. The second-order valence-corrected chi connectivity index (χ2v) is 4.67. The normalized spacial score (nSPS) is 10.3. The zero-order valence-corrected chi connectivity index (χ0v) is 11.7. The highest BCUT2D eigenvalue weighted by atomic mass is 35.5. The summed E-state index contributed by atoms with van der Waals surface area (Å²) in [5.74, 6) is 0.746. The van der Waals surface area contributed by atoms with Crippen LogP contribution in [0, 0.1) is 6.92 Å². The third-order valence-electron chi connectivity index (χ3n) is 2.91. The number of benzene rings is 2. The number of hydrogen-bond acceptors (Lipinski definition) is 3. The molecule has 0 bridgehead atoms. The van der Waals surface area contributed by atoms with Crippen molar-refractivity contribution in [2.75, 3.05) is 12.4 Å². The van der Waals surface area contributed by atoms with Crippen molar-refractivity contribution in [2.45, 2.75) is 13.5 Å². The van der Waals surface area contributed by atoms with Crippen LogP contribution >= 0.6 is 11.6 Å². The number of anilines is 1. The topological polar surface area (TPSA) is 41.5 Å². The van der Waals surface area contributed by atoms with Gasteiger partial charge in [-0.3, -0.25) is 0 Å². The van der Waals surface area contributed by atoms with E-state index in [4.69, 9.17) is 16.3 Å². The SMILES string of the molecule is CNc1ccccc1COc1cc(Cl)c(O)cc1C. The van der Waals surface area contributed by atoms with Crippen LogP contribution in [0.3, 0.4) is 0 Å². The minimum Gasteiger partial charge on any atom is -0.506 e. The van der Waals surface area contributed by atoms with E-state index in [0.717, 1.165) is 16.8 Å². The molecule has 0 aliphatic carbocycles. The fraction of sp³-hybridized carbons (Fsp3) is 0.200. The van der Waals surface area contributed by atoms with Crippen LogP contribution in [-0.2, 0) is 6.61 Å². The predicted octanol–water partition coefficient (Wildman–Crippen LogP) is 3.97. The van der Waals surface area contributed by atoms with Gasteiger partial charge in [0, 0.05) is 24.4 Å². The summed E-state index contributed by atoms with van der Waals surface area (Å²) in [6.45, 7) is 2.31. The molecule has 0 radical (unpaired) electrons. The number of para-hydroxylation sites is 1. The zero-order valence-electron chi connectivity index (χ0n) is 10.9. The molecule has 2 aromatic carbocycles. The van der Waals surface area contributed by atoms with Gasteiger partial charge in [-0.15, -0.1) is 0 Å². The van der Waals surface area contributed by atoms with Gasteiger partial charge in [0.15, 0.2) is 0 Å². The van der Waals surface area contributed by atoms with Crippen LogP contribution in [-0.4, -0.2) is 12.2 Å². The predicted molar refractivity (Wildman–Crippen MR) is 78.2 cm³/mol. The molecule has 0 amide bonds. The molecule has 0 aromatic heterocycles. The van der Waals surface area contributed by atoms with Gasteiger partial charge in [0.25, 0.3) is 0 Å². The van der Waals surface area contributed by atoms with Crippen LogP contribution in [0.4, 0.5) is 5.69 Å². The highest BCUT2D eigenvalue weighted by Crippen LogP contribution is 2.31. The summed E-state index contributed by atoms with van der Waals surface area (Å²) in [6, 6.07) is 11.2. The smallest absolute Gasteiger partial charge is 0.134 e. The standard InChI is InChI=1S/C15H16ClNO2/c1-10-7-14(18)12(16)8-15(10)19-9-11-5-3-4-6-13(11)17-2/h3-8,17-18H,9H2,1-2H3. The molecule has 2 rings (SSSR count). The van der Waals surface area contributed by atoms with Crippen LogP contribution in [0.15, 0.2) is 36.4 Å². The Morgan fingerprint density at radius 3 is 2.74 bits per heavy atom. The Morgan fingerprint density at radius 2 is 2.00 bits per heavy atom. The van der Waals surface area contributed by atoms with E-state index in [9.17, 15) is 5.11 Å². The summed E-state index contributed by atoms with van der Waals surface area (Å²) >= 11 is 5.88.